The number of allylic oxidation sites excluding steroid dienone is 1. The fourth-order valence-corrected chi connectivity index (χ4v) is 6.79. The molecule has 0 spiro atoms. The van der Waals surface area contributed by atoms with Gasteiger partial charge in [-0.15, -0.1) is 0 Å². The predicted octanol–water partition coefficient (Wildman–Crippen LogP) is 12.0. The van der Waals surface area contributed by atoms with Gasteiger partial charge in [0, 0.05) is 31.7 Å². The molecule has 0 aromatic rings. The number of carbonyl (C=O) groups excluding carboxylic acids is 3. The SMILES string of the molecule is CCCCCC/C=C\COC(=O)CCCCCN(CCCCCC(=O)OC(CCCCCCC)CCCCCCC)C(=O)SCCCNCC. The summed E-state index contributed by atoms with van der Waals surface area (Å²) in [5.74, 6) is 0.609. The lowest BCUT2D eigenvalue weighted by Gasteiger charge is -2.22. The molecule has 0 bridgehead atoms. The van der Waals surface area contributed by atoms with Gasteiger partial charge in [-0.2, -0.15) is 0 Å². The van der Waals surface area contributed by atoms with E-state index >= 15 is 0 Å². The third-order valence-corrected chi connectivity index (χ3v) is 10.1. The van der Waals surface area contributed by atoms with Crippen LogP contribution in [0.3, 0.4) is 0 Å². The van der Waals surface area contributed by atoms with E-state index in [4.69, 9.17) is 9.47 Å². The van der Waals surface area contributed by atoms with E-state index in [-0.39, 0.29) is 23.3 Å². The van der Waals surface area contributed by atoms with Gasteiger partial charge in [0.05, 0.1) is 0 Å². The van der Waals surface area contributed by atoms with Gasteiger partial charge in [-0.1, -0.05) is 135 Å². The first kappa shape index (κ1) is 48.5. The van der Waals surface area contributed by atoms with Crippen LogP contribution in [0, 0.1) is 0 Å². The Morgan fingerprint density at radius 3 is 1.74 bits per heavy atom. The first-order valence-corrected chi connectivity index (χ1v) is 22.1. The van der Waals surface area contributed by atoms with Crippen molar-refractivity contribution in [1.29, 1.82) is 0 Å². The van der Waals surface area contributed by atoms with Crippen molar-refractivity contribution in [1.82, 2.24) is 10.2 Å². The van der Waals surface area contributed by atoms with Gasteiger partial charge in [0.15, 0.2) is 0 Å². The Labute approximate surface area is 313 Å². The summed E-state index contributed by atoms with van der Waals surface area (Å²) < 4.78 is 11.3. The van der Waals surface area contributed by atoms with Gasteiger partial charge in [-0.05, 0) is 83.7 Å². The van der Waals surface area contributed by atoms with Crippen LogP contribution in [0.5, 0.6) is 0 Å². The predicted molar refractivity (Wildman–Crippen MR) is 215 cm³/mol. The number of nitrogens with one attached hydrogen (secondary N) is 1. The standard InChI is InChI=1S/C42H80N2O5S/c1-5-9-12-15-16-19-28-37-48-40(45)32-24-20-26-35-44(42(47)50-38-29-34-43-8-4)36-27-21-25-33-41(46)49-39(30-22-17-13-10-6-2)31-23-18-14-11-7-3/h19,28,39,43H,5-18,20-27,29-38H2,1-4H3/b28-19-. The molecule has 1 amide bonds. The number of thioether (sulfide) groups is 1. The van der Waals surface area contributed by atoms with Crippen LogP contribution < -0.4 is 5.32 Å². The molecule has 0 unspecified atom stereocenters. The summed E-state index contributed by atoms with van der Waals surface area (Å²) in [6, 6.07) is 0. The minimum atomic E-state index is -0.145. The van der Waals surface area contributed by atoms with E-state index in [2.05, 4.69) is 39.1 Å². The highest BCUT2D eigenvalue weighted by Gasteiger charge is 2.16. The molecule has 0 saturated carbocycles. The summed E-state index contributed by atoms with van der Waals surface area (Å²) >= 11 is 1.41. The monoisotopic (exact) mass is 725 g/mol. The van der Waals surface area contributed by atoms with Crippen molar-refractivity contribution in [3.63, 3.8) is 0 Å². The van der Waals surface area contributed by atoms with Crippen LogP contribution in [0.1, 0.15) is 195 Å². The minimum absolute atomic E-state index is 0.0572. The van der Waals surface area contributed by atoms with E-state index < -0.39 is 0 Å². The van der Waals surface area contributed by atoms with Gasteiger partial charge in [0.1, 0.15) is 12.7 Å². The lowest BCUT2D eigenvalue weighted by molar-refractivity contribution is -0.150. The Hall–Kier alpha value is -1.54. The van der Waals surface area contributed by atoms with Crippen molar-refractivity contribution in [2.45, 2.75) is 201 Å². The molecule has 8 heteroatoms. The maximum atomic E-state index is 13.1. The van der Waals surface area contributed by atoms with E-state index in [0.717, 1.165) is 95.9 Å². The van der Waals surface area contributed by atoms with Crippen molar-refractivity contribution in [3.05, 3.63) is 12.2 Å². The summed E-state index contributed by atoms with van der Waals surface area (Å²) in [4.78, 5) is 40.0. The Kier molecular flexibility index (Phi) is 37.5. The Morgan fingerprint density at radius 1 is 0.620 bits per heavy atom. The van der Waals surface area contributed by atoms with Gasteiger partial charge in [0.25, 0.3) is 5.24 Å². The van der Waals surface area contributed by atoms with Crippen LogP contribution in [0.4, 0.5) is 4.79 Å². The van der Waals surface area contributed by atoms with Crippen LogP contribution in [0.15, 0.2) is 12.2 Å². The smallest absolute Gasteiger partial charge is 0.306 e. The van der Waals surface area contributed by atoms with Crippen molar-refractivity contribution < 1.29 is 23.9 Å². The lowest BCUT2D eigenvalue weighted by Crippen LogP contribution is -2.30. The summed E-state index contributed by atoms with van der Waals surface area (Å²) in [6.07, 6.45) is 31.4. The summed E-state index contributed by atoms with van der Waals surface area (Å²) in [7, 11) is 0. The molecule has 0 heterocycles. The van der Waals surface area contributed by atoms with Gasteiger partial charge in [-0.25, -0.2) is 0 Å². The van der Waals surface area contributed by atoms with E-state index in [1.165, 1.54) is 88.8 Å². The molecule has 1 N–H and O–H groups in total. The van der Waals surface area contributed by atoms with E-state index in [1.807, 2.05) is 11.0 Å². The summed E-state index contributed by atoms with van der Waals surface area (Å²) in [5.41, 5.74) is 0. The number of hydrogen-bond donors (Lipinski definition) is 1. The number of carbonyl (C=O) groups is 3. The second kappa shape index (κ2) is 38.7. The summed E-state index contributed by atoms with van der Waals surface area (Å²) in [5, 5.41) is 3.46. The van der Waals surface area contributed by atoms with Crippen molar-refractivity contribution >= 4 is 28.9 Å². The number of ether oxygens (including phenoxy) is 2. The number of esters is 2. The minimum Gasteiger partial charge on any atom is -0.462 e. The molecule has 0 fully saturated rings. The highest BCUT2D eigenvalue weighted by molar-refractivity contribution is 8.13. The van der Waals surface area contributed by atoms with Gasteiger partial charge in [0.2, 0.25) is 0 Å². The maximum absolute atomic E-state index is 13.1. The molecule has 0 aliphatic rings. The first-order chi connectivity index (χ1) is 24.5. The second-order valence-corrected chi connectivity index (χ2v) is 15.0. The highest BCUT2D eigenvalue weighted by atomic mass is 32.2. The van der Waals surface area contributed by atoms with E-state index in [0.29, 0.717) is 32.5 Å². The third-order valence-electron chi connectivity index (χ3n) is 9.14. The van der Waals surface area contributed by atoms with E-state index in [1.54, 1.807) is 0 Å². The number of amides is 1. The van der Waals surface area contributed by atoms with Crippen LogP contribution >= 0.6 is 11.8 Å². The van der Waals surface area contributed by atoms with Crippen molar-refractivity contribution in [2.24, 2.45) is 0 Å². The average molecular weight is 725 g/mol. The molecule has 0 aromatic heterocycles. The third kappa shape index (κ3) is 33.6. The fourth-order valence-electron chi connectivity index (χ4n) is 5.96. The van der Waals surface area contributed by atoms with Crippen LogP contribution in [-0.4, -0.2) is 66.7 Å². The quantitative estimate of drug-likeness (QED) is 0.0388. The molecule has 50 heavy (non-hydrogen) atoms. The zero-order valence-electron chi connectivity index (χ0n) is 33.3. The molecular formula is C42H80N2O5S. The average Bonchev–Trinajstić information content (AvgIpc) is 3.11. The molecule has 0 rings (SSSR count). The largest absolute Gasteiger partial charge is 0.462 e. The zero-order valence-corrected chi connectivity index (χ0v) is 34.1. The highest BCUT2D eigenvalue weighted by Crippen LogP contribution is 2.18. The van der Waals surface area contributed by atoms with Crippen molar-refractivity contribution in [3.8, 4) is 0 Å². The number of unbranched alkanes of at least 4 members (excludes halogenated alkanes) is 16. The van der Waals surface area contributed by atoms with Gasteiger partial charge < -0.3 is 19.7 Å². The van der Waals surface area contributed by atoms with Gasteiger partial charge in [-0.3, -0.25) is 14.4 Å². The topological polar surface area (TPSA) is 84.9 Å². The number of rotatable bonds is 37. The molecule has 7 nitrogen and oxygen atoms in total. The Bertz CT molecular complexity index is 795. The Morgan fingerprint density at radius 2 is 1.16 bits per heavy atom. The van der Waals surface area contributed by atoms with Crippen LogP contribution in [-0.2, 0) is 19.1 Å². The molecule has 0 radical (unpaired) electrons. The maximum Gasteiger partial charge on any atom is 0.306 e. The molecule has 0 aromatic carbocycles. The van der Waals surface area contributed by atoms with Crippen LogP contribution in [0.25, 0.3) is 0 Å². The normalized spacial score (nSPS) is 11.5. The molecule has 0 aliphatic carbocycles. The molecule has 0 saturated heterocycles. The second-order valence-electron chi connectivity index (χ2n) is 14.0. The molecule has 0 atom stereocenters. The van der Waals surface area contributed by atoms with Gasteiger partial charge >= 0.3 is 11.9 Å². The molecular weight excluding hydrogens is 645 g/mol. The van der Waals surface area contributed by atoms with E-state index in [9.17, 15) is 14.4 Å². The fraction of sp³-hybridized carbons (Fsp3) is 0.881. The lowest BCUT2D eigenvalue weighted by atomic mass is 10.0. The molecule has 294 valence electrons. The number of hydrogen-bond acceptors (Lipinski definition) is 7. The number of nitrogens with zero attached hydrogens (tertiary/aromatic N) is 1. The van der Waals surface area contributed by atoms with Crippen LogP contribution in [0.2, 0.25) is 0 Å². The van der Waals surface area contributed by atoms with Crippen molar-refractivity contribution in [2.75, 3.05) is 38.5 Å². The Balaban J connectivity index is 4.54. The zero-order chi connectivity index (χ0) is 36.8. The molecule has 0 aliphatic heterocycles. The first-order valence-electron chi connectivity index (χ1n) is 21.1. The summed E-state index contributed by atoms with van der Waals surface area (Å²) in [6.45, 7) is 12.4.